The first-order chi connectivity index (χ1) is 14.1. The van der Waals surface area contributed by atoms with Gasteiger partial charge >= 0.3 is 5.69 Å². The van der Waals surface area contributed by atoms with Gasteiger partial charge in [0, 0.05) is 12.7 Å². The van der Waals surface area contributed by atoms with Crippen LogP contribution in [0.3, 0.4) is 0 Å². The highest BCUT2D eigenvalue weighted by molar-refractivity contribution is 5.73. The maximum atomic E-state index is 13.0. The fraction of sp³-hybridized carbons (Fsp3) is 0.429. The first-order valence-corrected chi connectivity index (χ1v) is 10.2. The monoisotopic (exact) mass is 396 g/mol. The van der Waals surface area contributed by atoms with Crippen molar-refractivity contribution in [2.75, 3.05) is 31.5 Å². The molecule has 1 aromatic carbocycles. The number of benzene rings is 1. The Morgan fingerprint density at radius 3 is 2.62 bits per heavy atom. The van der Waals surface area contributed by atoms with Crippen molar-refractivity contribution < 1.29 is 0 Å². The molecule has 8 nitrogen and oxygen atoms in total. The van der Waals surface area contributed by atoms with Crippen LogP contribution in [0.4, 0.5) is 5.95 Å². The summed E-state index contributed by atoms with van der Waals surface area (Å²) in [5, 5.41) is 3.45. The van der Waals surface area contributed by atoms with Crippen LogP contribution in [-0.2, 0) is 6.42 Å². The lowest BCUT2D eigenvalue weighted by molar-refractivity contribution is 0.303. The number of para-hydroxylation sites is 1. The highest BCUT2D eigenvalue weighted by atomic mass is 16.2. The second kappa shape index (κ2) is 9.47. The van der Waals surface area contributed by atoms with Crippen LogP contribution >= 0.6 is 0 Å². The lowest BCUT2D eigenvalue weighted by Gasteiger charge is -2.17. The van der Waals surface area contributed by atoms with Crippen molar-refractivity contribution >= 4 is 17.0 Å². The second-order valence-corrected chi connectivity index (χ2v) is 6.82. The fourth-order valence-corrected chi connectivity index (χ4v) is 3.38. The summed E-state index contributed by atoms with van der Waals surface area (Å²) in [6, 6.07) is 7.39. The van der Waals surface area contributed by atoms with Gasteiger partial charge in [0.05, 0.1) is 5.69 Å². The number of H-pyrrole nitrogens is 1. The molecule has 0 aliphatic heterocycles. The minimum atomic E-state index is -0.505. The smallest absolute Gasteiger partial charge is 0.334 e. The lowest BCUT2D eigenvalue weighted by Crippen LogP contribution is -2.34. The van der Waals surface area contributed by atoms with Gasteiger partial charge in [-0.3, -0.25) is 9.78 Å². The molecule has 3 rings (SSSR count). The number of hydrogen-bond donors (Lipinski definition) is 2. The maximum Gasteiger partial charge on any atom is 0.334 e. The summed E-state index contributed by atoms with van der Waals surface area (Å²) in [5.41, 5.74) is 0.826. The van der Waals surface area contributed by atoms with E-state index in [1.807, 2.05) is 25.1 Å². The second-order valence-electron chi connectivity index (χ2n) is 6.82. The summed E-state index contributed by atoms with van der Waals surface area (Å²) in [5.74, 6) is 0.402. The first-order valence-electron chi connectivity index (χ1n) is 10.2. The molecule has 0 amide bonds. The summed E-state index contributed by atoms with van der Waals surface area (Å²) in [6.45, 7) is 10.0. The van der Waals surface area contributed by atoms with E-state index in [1.165, 1.54) is 6.20 Å². The molecule has 0 unspecified atom stereocenters. The molecular formula is C21H28N6O2. The van der Waals surface area contributed by atoms with Crippen molar-refractivity contribution in [2.45, 2.75) is 33.6 Å². The molecule has 0 aliphatic carbocycles. The Morgan fingerprint density at radius 2 is 1.90 bits per heavy atom. The molecule has 3 aromatic rings. The summed E-state index contributed by atoms with van der Waals surface area (Å²) in [6.07, 6.45) is 3.14. The Hall–Kier alpha value is -3.00. The van der Waals surface area contributed by atoms with E-state index < -0.39 is 11.2 Å². The number of aromatic nitrogens is 4. The summed E-state index contributed by atoms with van der Waals surface area (Å²) in [4.78, 5) is 39.3. The molecule has 0 atom stereocenters. The molecular weight excluding hydrogens is 368 g/mol. The van der Waals surface area contributed by atoms with Gasteiger partial charge in [0.25, 0.3) is 5.56 Å². The molecule has 0 saturated carbocycles. The van der Waals surface area contributed by atoms with Gasteiger partial charge < -0.3 is 10.2 Å². The van der Waals surface area contributed by atoms with Crippen LogP contribution in [0.1, 0.15) is 32.8 Å². The minimum Gasteiger partial charge on any atom is -0.354 e. The molecule has 0 saturated heterocycles. The van der Waals surface area contributed by atoms with Crippen LogP contribution < -0.4 is 16.6 Å². The van der Waals surface area contributed by atoms with Crippen molar-refractivity contribution in [1.82, 2.24) is 24.4 Å². The number of aromatic amines is 1. The number of hydrogen-bond acceptors (Lipinski definition) is 6. The van der Waals surface area contributed by atoms with E-state index >= 15 is 0 Å². The Balaban J connectivity index is 1.86. The molecule has 0 aliphatic rings. The fourth-order valence-electron chi connectivity index (χ4n) is 3.38. The quantitative estimate of drug-likeness (QED) is 0.538. The predicted octanol–water partition coefficient (Wildman–Crippen LogP) is 2.18. The third-order valence-electron chi connectivity index (χ3n) is 5.09. The van der Waals surface area contributed by atoms with Gasteiger partial charge in [-0.05, 0) is 44.1 Å². The van der Waals surface area contributed by atoms with Crippen molar-refractivity contribution in [3.8, 4) is 5.69 Å². The molecule has 0 bridgehead atoms. The zero-order chi connectivity index (χ0) is 20.8. The first kappa shape index (κ1) is 20.7. The molecule has 2 N–H and O–H groups in total. The molecule has 2 aromatic heterocycles. The van der Waals surface area contributed by atoms with Crippen LogP contribution in [0.2, 0.25) is 0 Å². The van der Waals surface area contributed by atoms with Gasteiger partial charge in [-0.2, -0.15) is 4.98 Å². The number of nitrogens with zero attached hydrogens (tertiary/aromatic N) is 4. The number of fused-ring (bicyclic) bond motifs is 1. The third kappa shape index (κ3) is 4.54. The Labute approximate surface area is 169 Å². The average molecular weight is 396 g/mol. The van der Waals surface area contributed by atoms with E-state index in [0.29, 0.717) is 24.6 Å². The van der Waals surface area contributed by atoms with Gasteiger partial charge in [-0.25, -0.2) is 14.3 Å². The lowest BCUT2D eigenvalue weighted by atomic mass is 10.1. The van der Waals surface area contributed by atoms with Crippen LogP contribution in [0.25, 0.3) is 16.7 Å². The van der Waals surface area contributed by atoms with Crippen LogP contribution in [0, 0.1) is 0 Å². The largest absolute Gasteiger partial charge is 0.354 e. The van der Waals surface area contributed by atoms with Gasteiger partial charge in [0.1, 0.15) is 5.39 Å². The van der Waals surface area contributed by atoms with Crippen molar-refractivity contribution in [3.05, 3.63) is 56.9 Å². The number of anilines is 1. The Morgan fingerprint density at radius 1 is 1.14 bits per heavy atom. The summed E-state index contributed by atoms with van der Waals surface area (Å²) < 4.78 is 1.15. The third-order valence-corrected chi connectivity index (χ3v) is 5.09. The van der Waals surface area contributed by atoms with E-state index in [0.717, 1.165) is 36.2 Å². The van der Waals surface area contributed by atoms with Crippen molar-refractivity contribution in [3.63, 3.8) is 0 Å². The molecule has 2 heterocycles. The maximum absolute atomic E-state index is 13.0. The normalized spacial score (nSPS) is 11.3. The van der Waals surface area contributed by atoms with Gasteiger partial charge in [-0.15, -0.1) is 0 Å². The molecule has 0 spiro atoms. The average Bonchev–Trinajstić information content (AvgIpc) is 2.74. The number of rotatable bonds is 9. The molecule has 29 heavy (non-hydrogen) atoms. The van der Waals surface area contributed by atoms with Crippen molar-refractivity contribution in [2.24, 2.45) is 0 Å². The zero-order valence-electron chi connectivity index (χ0n) is 17.2. The van der Waals surface area contributed by atoms with Crippen molar-refractivity contribution in [1.29, 1.82) is 0 Å². The highest BCUT2D eigenvalue weighted by Gasteiger charge is 2.13. The number of nitrogens with one attached hydrogen (secondary N) is 2. The Kier molecular flexibility index (Phi) is 6.77. The SMILES string of the molecule is CCc1ccccc1-n1c(=O)[nH]c2nc(NCCCN(CC)CC)ncc2c1=O. The Bertz CT molecular complexity index is 1080. The van der Waals surface area contributed by atoms with Gasteiger partial charge in [0.15, 0.2) is 5.65 Å². The van der Waals surface area contributed by atoms with Crippen LogP contribution in [-0.4, -0.2) is 50.6 Å². The summed E-state index contributed by atoms with van der Waals surface area (Å²) >= 11 is 0. The molecule has 0 radical (unpaired) electrons. The predicted molar refractivity (Wildman–Crippen MR) is 116 cm³/mol. The highest BCUT2D eigenvalue weighted by Crippen LogP contribution is 2.13. The van der Waals surface area contributed by atoms with E-state index in [1.54, 1.807) is 6.07 Å². The standard InChI is InChI=1S/C21H28N6O2/c1-4-15-10-7-8-11-17(15)27-19(28)16-14-23-20(24-18(16)25-21(27)29)22-12-9-13-26(5-2)6-3/h7-8,10-11,14H,4-6,9,12-13H2,1-3H3,(H2,22,23,24,25,29). The minimum absolute atomic E-state index is 0.242. The van der Waals surface area contributed by atoms with E-state index in [9.17, 15) is 9.59 Å². The molecule has 0 fully saturated rings. The van der Waals surface area contributed by atoms with E-state index in [-0.39, 0.29) is 11.0 Å². The van der Waals surface area contributed by atoms with E-state index in [4.69, 9.17) is 0 Å². The zero-order valence-corrected chi connectivity index (χ0v) is 17.2. The van der Waals surface area contributed by atoms with Gasteiger partial charge in [0.2, 0.25) is 5.95 Å². The van der Waals surface area contributed by atoms with Crippen LogP contribution in [0.15, 0.2) is 40.1 Å². The van der Waals surface area contributed by atoms with Crippen LogP contribution in [0.5, 0.6) is 0 Å². The molecule has 8 heteroatoms. The van der Waals surface area contributed by atoms with E-state index in [2.05, 4.69) is 39.0 Å². The topological polar surface area (TPSA) is 95.9 Å². The number of aryl methyl sites for hydroxylation is 1. The summed E-state index contributed by atoms with van der Waals surface area (Å²) in [7, 11) is 0. The molecule has 154 valence electrons. The van der Waals surface area contributed by atoms with Gasteiger partial charge in [-0.1, -0.05) is 39.0 Å².